The van der Waals surface area contributed by atoms with E-state index >= 15 is 0 Å². The fourth-order valence-electron chi connectivity index (χ4n) is 1.34. The number of unbranched alkanes of at least 4 members (excludes halogenated alkanes) is 2. The van der Waals surface area contributed by atoms with Crippen molar-refractivity contribution >= 4 is 17.5 Å². The average molecular weight is 204 g/mol. The first kappa shape index (κ1) is 10.8. The first-order valence-electron chi connectivity index (χ1n) is 5.09. The van der Waals surface area contributed by atoms with Crippen LogP contribution < -0.4 is 5.32 Å². The zero-order valence-electron chi connectivity index (χ0n) is 8.24. The highest BCUT2D eigenvalue weighted by atomic mass is 35.5. The van der Waals surface area contributed by atoms with Gasteiger partial charge in [-0.3, -0.25) is 4.79 Å². The summed E-state index contributed by atoms with van der Waals surface area (Å²) in [4.78, 5) is 11.4. The molecule has 1 amide bonds. The Balaban J connectivity index is 2.11. The summed E-state index contributed by atoms with van der Waals surface area (Å²) < 4.78 is 0. The van der Waals surface area contributed by atoms with Crippen molar-refractivity contribution in [2.24, 2.45) is 0 Å². The van der Waals surface area contributed by atoms with Crippen molar-refractivity contribution in [2.45, 2.75) is 51.0 Å². The van der Waals surface area contributed by atoms with Crippen LogP contribution in [0.5, 0.6) is 0 Å². The largest absolute Gasteiger partial charge is 0.349 e. The van der Waals surface area contributed by atoms with Crippen molar-refractivity contribution in [1.82, 2.24) is 5.32 Å². The Hall–Kier alpha value is -0.240. The molecule has 0 bridgehead atoms. The summed E-state index contributed by atoms with van der Waals surface area (Å²) in [5, 5.41) is 3.01. The smallest absolute Gasteiger partial charge is 0.220 e. The lowest BCUT2D eigenvalue weighted by Gasteiger charge is -2.13. The second-order valence-corrected chi connectivity index (χ2v) is 4.19. The van der Waals surface area contributed by atoms with Crippen LogP contribution in [0.3, 0.4) is 0 Å². The van der Waals surface area contributed by atoms with Gasteiger partial charge in [0.1, 0.15) is 0 Å². The quantitative estimate of drug-likeness (QED) is 0.522. The number of hydrogen-bond acceptors (Lipinski definition) is 1. The minimum Gasteiger partial charge on any atom is -0.349 e. The summed E-state index contributed by atoms with van der Waals surface area (Å²) in [5.74, 6) is 0.735. The van der Waals surface area contributed by atoms with Gasteiger partial charge < -0.3 is 5.32 Å². The highest BCUT2D eigenvalue weighted by Gasteiger charge is 2.42. The Morgan fingerprint density at radius 3 is 2.62 bits per heavy atom. The minimum absolute atomic E-state index is 0.0230. The van der Waals surface area contributed by atoms with Gasteiger partial charge in [0.05, 0.1) is 5.54 Å². The number of amides is 1. The Morgan fingerprint density at radius 2 is 2.15 bits per heavy atom. The Labute approximate surface area is 85.0 Å². The lowest BCUT2D eigenvalue weighted by molar-refractivity contribution is -0.122. The van der Waals surface area contributed by atoms with E-state index in [0.29, 0.717) is 12.3 Å². The predicted octanol–water partition coefficient (Wildman–Crippen LogP) is 2.45. The van der Waals surface area contributed by atoms with Crippen molar-refractivity contribution < 1.29 is 4.79 Å². The number of carbonyl (C=O) groups excluding carboxylic acids is 1. The Morgan fingerprint density at radius 1 is 1.46 bits per heavy atom. The fourth-order valence-corrected chi connectivity index (χ4v) is 1.67. The molecule has 1 N–H and O–H groups in total. The SMILES string of the molecule is CCCCCC(=O)NC1(CCl)CC1. The zero-order chi connectivity index (χ0) is 9.73. The molecule has 1 saturated carbocycles. The van der Waals surface area contributed by atoms with Crippen molar-refractivity contribution in [3.8, 4) is 0 Å². The van der Waals surface area contributed by atoms with Crippen LogP contribution in [-0.2, 0) is 4.79 Å². The van der Waals surface area contributed by atoms with E-state index in [2.05, 4.69) is 12.2 Å². The maximum atomic E-state index is 11.4. The summed E-state index contributed by atoms with van der Waals surface area (Å²) in [7, 11) is 0. The molecule has 0 aromatic carbocycles. The van der Waals surface area contributed by atoms with Crippen molar-refractivity contribution in [3.63, 3.8) is 0 Å². The molecule has 2 nitrogen and oxygen atoms in total. The van der Waals surface area contributed by atoms with Gasteiger partial charge in [-0.05, 0) is 19.3 Å². The number of alkyl halides is 1. The topological polar surface area (TPSA) is 29.1 Å². The van der Waals surface area contributed by atoms with Crippen LogP contribution in [0.25, 0.3) is 0 Å². The van der Waals surface area contributed by atoms with Crippen LogP contribution >= 0.6 is 11.6 Å². The third-order valence-electron chi connectivity index (χ3n) is 2.52. The second-order valence-electron chi connectivity index (χ2n) is 3.92. The summed E-state index contributed by atoms with van der Waals surface area (Å²) in [6.45, 7) is 2.14. The first-order valence-corrected chi connectivity index (χ1v) is 5.63. The van der Waals surface area contributed by atoms with Crippen LogP contribution in [-0.4, -0.2) is 17.3 Å². The lowest BCUT2D eigenvalue weighted by Crippen LogP contribution is -2.38. The molecule has 0 unspecified atom stereocenters. The Kier molecular flexibility index (Phi) is 4.04. The number of nitrogens with one attached hydrogen (secondary N) is 1. The molecule has 0 atom stereocenters. The van der Waals surface area contributed by atoms with Gasteiger partial charge >= 0.3 is 0 Å². The molecule has 0 spiro atoms. The summed E-state index contributed by atoms with van der Waals surface area (Å²) >= 11 is 5.75. The van der Waals surface area contributed by atoms with E-state index in [1.54, 1.807) is 0 Å². The van der Waals surface area contributed by atoms with Crippen LogP contribution in [0.2, 0.25) is 0 Å². The molecule has 1 aliphatic carbocycles. The van der Waals surface area contributed by atoms with Gasteiger partial charge in [0, 0.05) is 12.3 Å². The number of halogens is 1. The van der Waals surface area contributed by atoms with E-state index in [1.165, 1.54) is 0 Å². The molecular formula is C10H18ClNO. The molecule has 3 heteroatoms. The summed E-state index contributed by atoms with van der Waals surface area (Å²) in [5.41, 5.74) is -0.0230. The molecule has 0 aromatic heterocycles. The maximum Gasteiger partial charge on any atom is 0.220 e. The van der Waals surface area contributed by atoms with Crippen LogP contribution in [0.4, 0.5) is 0 Å². The van der Waals surface area contributed by atoms with Gasteiger partial charge in [-0.2, -0.15) is 0 Å². The molecule has 0 aliphatic heterocycles. The predicted molar refractivity (Wildman–Crippen MR) is 55.0 cm³/mol. The van der Waals surface area contributed by atoms with Crippen LogP contribution in [0.15, 0.2) is 0 Å². The summed E-state index contributed by atoms with van der Waals surface area (Å²) in [6.07, 6.45) is 6.06. The molecule has 13 heavy (non-hydrogen) atoms. The van der Waals surface area contributed by atoms with Gasteiger partial charge in [-0.15, -0.1) is 11.6 Å². The van der Waals surface area contributed by atoms with Crippen LogP contribution in [0, 0.1) is 0 Å². The molecule has 0 heterocycles. The van der Waals surface area contributed by atoms with E-state index in [-0.39, 0.29) is 11.4 Å². The maximum absolute atomic E-state index is 11.4. The minimum atomic E-state index is -0.0230. The monoisotopic (exact) mass is 203 g/mol. The second kappa shape index (κ2) is 4.85. The zero-order valence-corrected chi connectivity index (χ0v) is 8.99. The number of rotatable bonds is 6. The van der Waals surface area contributed by atoms with Gasteiger partial charge in [-0.1, -0.05) is 19.8 Å². The summed E-state index contributed by atoms with van der Waals surface area (Å²) in [6, 6.07) is 0. The highest BCUT2D eigenvalue weighted by Crippen LogP contribution is 2.36. The van der Waals surface area contributed by atoms with Gasteiger partial charge in [0.25, 0.3) is 0 Å². The standard InChI is InChI=1S/C10H18ClNO/c1-2-3-4-5-9(13)12-10(8-11)6-7-10/h2-8H2,1H3,(H,12,13). The Bertz CT molecular complexity index is 178. The third kappa shape index (κ3) is 3.55. The molecule has 0 saturated heterocycles. The molecule has 0 aromatic rings. The molecule has 1 aliphatic rings. The van der Waals surface area contributed by atoms with Gasteiger partial charge in [0.15, 0.2) is 0 Å². The fraction of sp³-hybridized carbons (Fsp3) is 0.900. The van der Waals surface area contributed by atoms with E-state index < -0.39 is 0 Å². The average Bonchev–Trinajstić information content (AvgIpc) is 2.86. The molecular weight excluding hydrogens is 186 g/mol. The number of carbonyl (C=O) groups is 1. The van der Waals surface area contributed by atoms with Crippen molar-refractivity contribution in [3.05, 3.63) is 0 Å². The van der Waals surface area contributed by atoms with E-state index in [4.69, 9.17) is 11.6 Å². The molecule has 1 fully saturated rings. The molecule has 76 valence electrons. The van der Waals surface area contributed by atoms with E-state index in [9.17, 15) is 4.79 Å². The van der Waals surface area contributed by atoms with Gasteiger partial charge in [0.2, 0.25) is 5.91 Å². The lowest BCUT2D eigenvalue weighted by atomic mass is 10.2. The molecule has 0 radical (unpaired) electrons. The van der Waals surface area contributed by atoms with Crippen LogP contribution in [0.1, 0.15) is 45.4 Å². The number of hydrogen-bond donors (Lipinski definition) is 1. The van der Waals surface area contributed by atoms with Crippen molar-refractivity contribution in [2.75, 3.05) is 5.88 Å². The van der Waals surface area contributed by atoms with E-state index in [1.807, 2.05) is 0 Å². The normalized spacial score (nSPS) is 18.3. The molecule has 1 rings (SSSR count). The van der Waals surface area contributed by atoms with E-state index in [0.717, 1.165) is 32.1 Å². The van der Waals surface area contributed by atoms with Gasteiger partial charge in [-0.25, -0.2) is 0 Å². The first-order chi connectivity index (χ1) is 6.22. The van der Waals surface area contributed by atoms with Crippen molar-refractivity contribution in [1.29, 1.82) is 0 Å². The highest BCUT2D eigenvalue weighted by molar-refractivity contribution is 6.19. The third-order valence-corrected chi connectivity index (χ3v) is 3.03.